The van der Waals surface area contributed by atoms with Gasteiger partial charge in [0.2, 0.25) is 0 Å². The van der Waals surface area contributed by atoms with Crippen molar-refractivity contribution in [1.82, 2.24) is 0 Å². The summed E-state index contributed by atoms with van der Waals surface area (Å²) in [6, 6.07) is 63.7. The maximum Gasteiger partial charge on any atom is 0.136 e. The van der Waals surface area contributed by atoms with E-state index in [-0.39, 0.29) is 6.04 Å². The Morgan fingerprint density at radius 1 is 0.442 bits per heavy atom. The van der Waals surface area contributed by atoms with Gasteiger partial charge in [0.25, 0.3) is 0 Å². The smallest absolute Gasteiger partial charge is 0.136 e. The number of furan rings is 1. The fourth-order valence-electron chi connectivity index (χ4n) is 8.32. The van der Waals surface area contributed by atoms with Crippen LogP contribution < -0.4 is 5.32 Å². The first kappa shape index (κ1) is 29.3. The van der Waals surface area contributed by atoms with E-state index in [4.69, 9.17) is 4.42 Å². The minimum Gasteiger partial charge on any atom is -0.456 e. The Labute approximate surface area is 305 Å². The zero-order chi connectivity index (χ0) is 34.2. The van der Waals surface area contributed by atoms with Crippen LogP contribution in [-0.2, 0) is 0 Å². The minimum atomic E-state index is -0.0801. The Balaban J connectivity index is 1.07. The van der Waals surface area contributed by atoms with Gasteiger partial charge in [-0.25, -0.2) is 0 Å². The van der Waals surface area contributed by atoms with Crippen LogP contribution in [0.25, 0.3) is 86.6 Å². The van der Waals surface area contributed by atoms with E-state index in [1.165, 1.54) is 75.8 Å². The standard InChI is InChI=1S/C49H31NOS/c1-2-12-30(13-3-1)46-47-38-19-4-7-21-41(38)50-49(40(47)29-43-48(46)39-20-5-8-22-42(39)51-43)35-17-11-16-33(27-35)31-14-10-15-32(26-31)34-24-25-37-36-18-6-9-23-44(36)52-45(37)28-34/h1-29,49-50H. The predicted molar refractivity (Wildman–Crippen MR) is 220 cm³/mol. The highest BCUT2D eigenvalue weighted by atomic mass is 32.1. The Kier molecular flexibility index (Phi) is 6.52. The molecule has 0 saturated carbocycles. The predicted octanol–water partition coefficient (Wildman–Crippen LogP) is 14.1. The second-order valence-corrected chi connectivity index (χ2v) is 14.8. The van der Waals surface area contributed by atoms with Gasteiger partial charge >= 0.3 is 0 Å². The summed E-state index contributed by atoms with van der Waals surface area (Å²) in [5.74, 6) is 0. The molecule has 10 aromatic rings. The lowest BCUT2D eigenvalue weighted by molar-refractivity contribution is 0.668. The normalized spacial score (nSPS) is 13.7. The summed E-state index contributed by atoms with van der Waals surface area (Å²) >= 11 is 1.87. The van der Waals surface area contributed by atoms with Crippen molar-refractivity contribution in [3.05, 3.63) is 187 Å². The second-order valence-electron chi connectivity index (χ2n) is 13.7. The zero-order valence-electron chi connectivity index (χ0n) is 28.1. The van der Waals surface area contributed by atoms with E-state index in [1.54, 1.807) is 0 Å². The maximum atomic E-state index is 6.62. The van der Waals surface area contributed by atoms with Crippen LogP contribution in [-0.4, -0.2) is 0 Å². The fourth-order valence-corrected chi connectivity index (χ4v) is 9.47. The van der Waals surface area contributed by atoms with Crippen LogP contribution in [0.5, 0.6) is 0 Å². The Morgan fingerprint density at radius 2 is 1.12 bits per heavy atom. The van der Waals surface area contributed by atoms with Gasteiger partial charge in [-0.1, -0.05) is 133 Å². The molecule has 0 radical (unpaired) electrons. The van der Waals surface area contributed by atoms with Crippen LogP contribution in [0.2, 0.25) is 0 Å². The van der Waals surface area contributed by atoms with E-state index in [9.17, 15) is 0 Å². The first-order valence-electron chi connectivity index (χ1n) is 17.8. The van der Waals surface area contributed by atoms with Crippen molar-refractivity contribution in [1.29, 1.82) is 0 Å². The molecular weight excluding hydrogens is 651 g/mol. The molecule has 0 fully saturated rings. The topological polar surface area (TPSA) is 25.2 Å². The van der Waals surface area contributed by atoms with Crippen LogP contribution in [0, 0.1) is 0 Å². The largest absolute Gasteiger partial charge is 0.456 e. The van der Waals surface area contributed by atoms with Crippen molar-refractivity contribution in [3.63, 3.8) is 0 Å². The Bertz CT molecular complexity index is 3000. The molecule has 1 atom stereocenters. The summed E-state index contributed by atoms with van der Waals surface area (Å²) in [4.78, 5) is 0. The lowest BCUT2D eigenvalue weighted by Crippen LogP contribution is -2.19. The summed E-state index contributed by atoms with van der Waals surface area (Å²) in [6.45, 7) is 0. The summed E-state index contributed by atoms with van der Waals surface area (Å²) in [5.41, 5.74) is 15.1. The number of thiophene rings is 1. The van der Waals surface area contributed by atoms with Gasteiger partial charge in [-0.2, -0.15) is 0 Å². The highest BCUT2D eigenvalue weighted by Crippen LogP contribution is 2.52. The number of anilines is 1. The molecule has 2 aromatic heterocycles. The first-order chi connectivity index (χ1) is 25.8. The van der Waals surface area contributed by atoms with Gasteiger partial charge < -0.3 is 9.73 Å². The zero-order valence-corrected chi connectivity index (χ0v) is 29.0. The van der Waals surface area contributed by atoms with Crippen LogP contribution in [0.15, 0.2) is 180 Å². The third kappa shape index (κ3) is 4.56. The average molecular weight is 682 g/mol. The van der Waals surface area contributed by atoms with Crippen molar-refractivity contribution >= 4 is 59.1 Å². The van der Waals surface area contributed by atoms with E-state index in [2.05, 4.69) is 181 Å². The van der Waals surface area contributed by atoms with Gasteiger partial charge in [0.15, 0.2) is 0 Å². The first-order valence-corrected chi connectivity index (χ1v) is 18.6. The molecule has 244 valence electrons. The minimum absolute atomic E-state index is 0.0801. The summed E-state index contributed by atoms with van der Waals surface area (Å²) in [5, 5.41) is 8.91. The van der Waals surface area contributed by atoms with Crippen molar-refractivity contribution in [2.45, 2.75) is 6.04 Å². The Morgan fingerprint density at radius 3 is 2.00 bits per heavy atom. The number of hydrogen-bond donors (Lipinski definition) is 1. The number of rotatable bonds is 4. The fraction of sp³-hybridized carbons (Fsp3) is 0.0204. The van der Waals surface area contributed by atoms with Gasteiger partial charge in [0.1, 0.15) is 11.2 Å². The number of hydrogen-bond acceptors (Lipinski definition) is 3. The van der Waals surface area contributed by atoms with Crippen LogP contribution >= 0.6 is 11.3 Å². The molecule has 3 heterocycles. The summed E-state index contributed by atoms with van der Waals surface area (Å²) in [6.07, 6.45) is 0. The highest BCUT2D eigenvalue weighted by molar-refractivity contribution is 7.25. The quantitative estimate of drug-likeness (QED) is 0.200. The molecule has 1 aliphatic rings. The van der Waals surface area contributed by atoms with Gasteiger partial charge in [-0.05, 0) is 87.0 Å². The molecule has 1 unspecified atom stereocenters. The molecule has 11 rings (SSSR count). The van der Waals surface area contributed by atoms with Gasteiger partial charge in [0, 0.05) is 47.8 Å². The number of nitrogens with one attached hydrogen (secondary N) is 1. The van der Waals surface area contributed by atoms with Crippen LogP contribution in [0.1, 0.15) is 17.2 Å². The molecule has 3 heteroatoms. The molecule has 0 aliphatic carbocycles. The lowest BCUT2D eigenvalue weighted by Gasteiger charge is -2.32. The van der Waals surface area contributed by atoms with E-state index in [1.807, 2.05) is 11.3 Å². The molecule has 2 nitrogen and oxygen atoms in total. The SMILES string of the molecule is c1ccc(-c2c3c(cc4oc5ccccc5c24)C(c2cccc(-c4cccc(-c5ccc6c(c5)sc5ccccc56)c4)c2)Nc2ccccc2-3)cc1. The molecule has 0 saturated heterocycles. The second kappa shape index (κ2) is 11.6. The van der Waals surface area contributed by atoms with Crippen molar-refractivity contribution in [2.75, 3.05) is 5.32 Å². The van der Waals surface area contributed by atoms with Crippen molar-refractivity contribution in [2.24, 2.45) is 0 Å². The van der Waals surface area contributed by atoms with Crippen molar-refractivity contribution in [3.8, 4) is 44.5 Å². The van der Waals surface area contributed by atoms with E-state index in [0.717, 1.165) is 27.6 Å². The van der Waals surface area contributed by atoms with E-state index >= 15 is 0 Å². The number of benzene rings is 8. The third-order valence-electron chi connectivity index (χ3n) is 10.7. The molecule has 1 aliphatic heterocycles. The maximum absolute atomic E-state index is 6.62. The third-order valence-corrected chi connectivity index (χ3v) is 11.8. The molecule has 1 N–H and O–H groups in total. The average Bonchev–Trinajstić information content (AvgIpc) is 3.78. The number of para-hydroxylation sites is 2. The summed E-state index contributed by atoms with van der Waals surface area (Å²) in [7, 11) is 0. The Hall–Kier alpha value is -6.42. The number of fused-ring (bicyclic) bond motifs is 9. The molecule has 8 aromatic carbocycles. The van der Waals surface area contributed by atoms with E-state index in [0.29, 0.717) is 0 Å². The van der Waals surface area contributed by atoms with Gasteiger partial charge in [-0.3, -0.25) is 0 Å². The van der Waals surface area contributed by atoms with Gasteiger partial charge in [0.05, 0.1) is 6.04 Å². The summed E-state index contributed by atoms with van der Waals surface area (Å²) < 4.78 is 9.27. The molecular formula is C49H31NOS. The monoisotopic (exact) mass is 681 g/mol. The molecule has 0 spiro atoms. The van der Waals surface area contributed by atoms with Crippen LogP contribution in [0.4, 0.5) is 5.69 Å². The lowest BCUT2D eigenvalue weighted by atomic mass is 9.80. The van der Waals surface area contributed by atoms with Gasteiger partial charge in [-0.15, -0.1) is 11.3 Å². The molecule has 0 bridgehead atoms. The highest BCUT2D eigenvalue weighted by Gasteiger charge is 2.31. The van der Waals surface area contributed by atoms with Crippen LogP contribution in [0.3, 0.4) is 0 Å². The van der Waals surface area contributed by atoms with Crippen molar-refractivity contribution < 1.29 is 4.42 Å². The molecule has 52 heavy (non-hydrogen) atoms. The molecule has 0 amide bonds. The van der Waals surface area contributed by atoms with E-state index < -0.39 is 0 Å².